The van der Waals surface area contributed by atoms with Gasteiger partial charge in [-0.05, 0) is 35.7 Å². The van der Waals surface area contributed by atoms with Crippen molar-refractivity contribution in [1.29, 1.82) is 0 Å². The molecule has 1 aliphatic heterocycles. The standard InChI is InChI=1S/C19H31NO/c1-18(2,3)14-17(16-8-6-5-7-9-16)20-15-19(4)10-12-21-13-11-19/h5-9,17,20H,10-15H2,1-4H3. The maximum atomic E-state index is 5.51. The molecule has 1 fully saturated rings. The normalized spacial score (nSPS) is 20.2. The van der Waals surface area contributed by atoms with Crippen LogP contribution in [-0.4, -0.2) is 19.8 Å². The summed E-state index contributed by atoms with van der Waals surface area (Å²) in [6.07, 6.45) is 3.48. The molecule has 1 atom stereocenters. The lowest BCUT2D eigenvalue weighted by atomic mass is 9.81. The zero-order valence-electron chi connectivity index (χ0n) is 14.1. The molecular weight excluding hydrogens is 258 g/mol. The minimum absolute atomic E-state index is 0.324. The molecule has 2 heteroatoms. The molecule has 118 valence electrons. The van der Waals surface area contributed by atoms with Crippen molar-refractivity contribution in [3.05, 3.63) is 35.9 Å². The Bertz CT molecular complexity index is 415. The zero-order chi connectivity index (χ0) is 15.3. The summed E-state index contributed by atoms with van der Waals surface area (Å²) in [5, 5.41) is 3.85. The van der Waals surface area contributed by atoms with E-state index in [9.17, 15) is 0 Å². The quantitative estimate of drug-likeness (QED) is 0.857. The predicted octanol–water partition coefficient (Wildman–Crippen LogP) is 4.57. The SMILES string of the molecule is CC(C)(C)CC(NCC1(C)CCOCC1)c1ccccc1. The second kappa shape index (κ2) is 6.93. The summed E-state index contributed by atoms with van der Waals surface area (Å²) in [6, 6.07) is 11.3. The molecule has 0 radical (unpaired) electrons. The first-order chi connectivity index (χ1) is 9.88. The lowest BCUT2D eigenvalue weighted by Gasteiger charge is -2.36. The summed E-state index contributed by atoms with van der Waals surface area (Å²) in [6.45, 7) is 12.2. The Labute approximate surface area is 130 Å². The molecule has 2 rings (SSSR count). The van der Waals surface area contributed by atoms with Gasteiger partial charge in [-0.3, -0.25) is 0 Å². The third kappa shape index (κ3) is 5.44. The van der Waals surface area contributed by atoms with Crippen LogP contribution in [0, 0.1) is 10.8 Å². The van der Waals surface area contributed by atoms with Crippen LogP contribution in [0.3, 0.4) is 0 Å². The van der Waals surface area contributed by atoms with Gasteiger partial charge in [0, 0.05) is 25.8 Å². The summed E-state index contributed by atoms with van der Waals surface area (Å²) >= 11 is 0. The number of benzene rings is 1. The van der Waals surface area contributed by atoms with Crippen LogP contribution in [0.4, 0.5) is 0 Å². The van der Waals surface area contributed by atoms with E-state index in [0.717, 1.165) is 39.0 Å². The van der Waals surface area contributed by atoms with E-state index in [4.69, 9.17) is 4.74 Å². The molecule has 1 unspecified atom stereocenters. The molecule has 0 bridgehead atoms. The number of hydrogen-bond donors (Lipinski definition) is 1. The van der Waals surface area contributed by atoms with Gasteiger partial charge in [-0.1, -0.05) is 58.0 Å². The fourth-order valence-corrected chi connectivity index (χ4v) is 3.02. The fraction of sp³-hybridized carbons (Fsp3) is 0.684. The van der Waals surface area contributed by atoms with Crippen LogP contribution in [-0.2, 0) is 4.74 Å². The highest BCUT2D eigenvalue weighted by molar-refractivity contribution is 5.19. The summed E-state index contributed by atoms with van der Waals surface area (Å²) in [5.74, 6) is 0. The summed E-state index contributed by atoms with van der Waals surface area (Å²) in [4.78, 5) is 0. The minimum atomic E-state index is 0.324. The summed E-state index contributed by atoms with van der Waals surface area (Å²) < 4.78 is 5.51. The Kier molecular flexibility index (Phi) is 5.45. The highest BCUT2D eigenvalue weighted by atomic mass is 16.5. The van der Waals surface area contributed by atoms with Gasteiger partial charge < -0.3 is 10.1 Å². The van der Waals surface area contributed by atoms with Gasteiger partial charge in [0.1, 0.15) is 0 Å². The van der Waals surface area contributed by atoms with E-state index in [2.05, 4.69) is 63.3 Å². The number of nitrogens with one attached hydrogen (secondary N) is 1. The first-order valence-corrected chi connectivity index (χ1v) is 8.24. The Morgan fingerprint density at radius 1 is 1.14 bits per heavy atom. The van der Waals surface area contributed by atoms with Gasteiger partial charge in [-0.2, -0.15) is 0 Å². The average Bonchev–Trinajstić information content (AvgIpc) is 2.44. The van der Waals surface area contributed by atoms with Gasteiger partial charge in [-0.25, -0.2) is 0 Å². The van der Waals surface area contributed by atoms with E-state index in [1.54, 1.807) is 0 Å². The molecule has 1 aliphatic rings. The van der Waals surface area contributed by atoms with Gasteiger partial charge in [-0.15, -0.1) is 0 Å². The molecule has 1 N–H and O–H groups in total. The van der Waals surface area contributed by atoms with Crippen LogP contribution in [0.15, 0.2) is 30.3 Å². The lowest BCUT2D eigenvalue weighted by Crippen LogP contribution is -2.39. The fourth-order valence-electron chi connectivity index (χ4n) is 3.02. The van der Waals surface area contributed by atoms with Crippen molar-refractivity contribution < 1.29 is 4.74 Å². The third-order valence-corrected chi connectivity index (χ3v) is 4.49. The molecule has 0 saturated carbocycles. The number of rotatable bonds is 5. The van der Waals surface area contributed by atoms with Gasteiger partial charge >= 0.3 is 0 Å². The zero-order valence-corrected chi connectivity index (χ0v) is 14.1. The van der Waals surface area contributed by atoms with Crippen molar-refractivity contribution in [1.82, 2.24) is 5.32 Å². The van der Waals surface area contributed by atoms with Crippen LogP contribution >= 0.6 is 0 Å². The van der Waals surface area contributed by atoms with E-state index < -0.39 is 0 Å². The van der Waals surface area contributed by atoms with E-state index in [1.165, 1.54) is 5.56 Å². The van der Waals surface area contributed by atoms with Crippen LogP contribution < -0.4 is 5.32 Å². The molecular formula is C19H31NO. The smallest absolute Gasteiger partial charge is 0.0471 e. The minimum Gasteiger partial charge on any atom is -0.381 e. The largest absolute Gasteiger partial charge is 0.381 e. The highest BCUT2D eigenvalue weighted by Gasteiger charge is 2.29. The molecule has 0 spiro atoms. The first kappa shape index (κ1) is 16.5. The van der Waals surface area contributed by atoms with Crippen molar-refractivity contribution in [2.24, 2.45) is 10.8 Å². The van der Waals surface area contributed by atoms with Crippen molar-refractivity contribution in [3.8, 4) is 0 Å². The van der Waals surface area contributed by atoms with Crippen molar-refractivity contribution in [2.45, 2.75) is 53.0 Å². The van der Waals surface area contributed by atoms with Crippen LogP contribution in [0.1, 0.15) is 58.6 Å². The molecule has 1 heterocycles. The third-order valence-electron chi connectivity index (χ3n) is 4.49. The molecule has 0 amide bonds. The van der Waals surface area contributed by atoms with Crippen molar-refractivity contribution >= 4 is 0 Å². The summed E-state index contributed by atoms with van der Waals surface area (Å²) in [7, 11) is 0. The monoisotopic (exact) mass is 289 g/mol. The van der Waals surface area contributed by atoms with Gasteiger partial charge in [0.25, 0.3) is 0 Å². The number of ether oxygens (including phenoxy) is 1. The second-order valence-electron chi connectivity index (χ2n) is 8.03. The maximum Gasteiger partial charge on any atom is 0.0471 e. The Hall–Kier alpha value is -0.860. The van der Waals surface area contributed by atoms with Gasteiger partial charge in [0.15, 0.2) is 0 Å². The van der Waals surface area contributed by atoms with E-state index in [0.29, 0.717) is 16.9 Å². The summed E-state index contributed by atoms with van der Waals surface area (Å²) in [5.41, 5.74) is 2.11. The Morgan fingerprint density at radius 2 is 1.76 bits per heavy atom. The molecule has 21 heavy (non-hydrogen) atoms. The molecule has 2 nitrogen and oxygen atoms in total. The van der Waals surface area contributed by atoms with E-state index in [1.807, 2.05) is 0 Å². The van der Waals surface area contributed by atoms with Gasteiger partial charge in [0.2, 0.25) is 0 Å². The molecule has 1 saturated heterocycles. The number of hydrogen-bond acceptors (Lipinski definition) is 2. The maximum absolute atomic E-state index is 5.51. The topological polar surface area (TPSA) is 21.3 Å². The lowest BCUT2D eigenvalue weighted by molar-refractivity contribution is 0.0222. The molecule has 0 aromatic heterocycles. The molecule has 1 aromatic rings. The average molecular weight is 289 g/mol. The van der Waals surface area contributed by atoms with Crippen LogP contribution in [0.25, 0.3) is 0 Å². The Balaban J connectivity index is 2.02. The molecule has 1 aromatic carbocycles. The first-order valence-electron chi connectivity index (χ1n) is 8.24. The van der Waals surface area contributed by atoms with Gasteiger partial charge in [0.05, 0.1) is 0 Å². The molecule has 0 aliphatic carbocycles. The highest BCUT2D eigenvalue weighted by Crippen LogP contribution is 2.33. The van der Waals surface area contributed by atoms with Crippen molar-refractivity contribution in [3.63, 3.8) is 0 Å². The van der Waals surface area contributed by atoms with Crippen LogP contribution in [0.2, 0.25) is 0 Å². The van der Waals surface area contributed by atoms with Crippen LogP contribution in [0.5, 0.6) is 0 Å². The van der Waals surface area contributed by atoms with E-state index >= 15 is 0 Å². The second-order valence-corrected chi connectivity index (χ2v) is 8.03. The van der Waals surface area contributed by atoms with E-state index in [-0.39, 0.29) is 0 Å². The Morgan fingerprint density at radius 3 is 2.33 bits per heavy atom. The van der Waals surface area contributed by atoms with Crippen molar-refractivity contribution in [2.75, 3.05) is 19.8 Å². The predicted molar refractivity (Wildman–Crippen MR) is 89.4 cm³/mol.